The van der Waals surface area contributed by atoms with Crippen LogP contribution in [0.1, 0.15) is 11.1 Å². The van der Waals surface area contributed by atoms with Crippen LogP contribution in [-0.4, -0.2) is 18.2 Å². The van der Waals surface area contributed by atoms with Gasteiger partial charge in [-0.05, 0) is 30.3 Å². The summed E-state index contributed by atoms with van der Waals surface area (Å²) in [6.45, 7) is 3.94. The van der Waals surface area contributed by atoms with Crippen molar-refractivity contribution in [2.24, 2.45) is 5.10 Å². The van der Waals surface area contributed by atoms with E-state index < -0.39 is 0 Å². The van der Waals surface area contributed by atoms with E-state index in [1.165, 1.54) is 5.01 Å². The number of para-hydroxylation sites is 1. The Bertz CT molecular complexity index is 1190. The lowest BCUT2D eigenvalue weighted by Crippen LogP contribution is -2.21. The molecule has 1 aliphatic rings. The number of carbonyl (C=O) groups is 1. The second-order valence-electron chi connectivity index (χ2n) is 6.73. The van der Waals surface area contributed by atoms with Gasteiger partial charge in [-0.25, -0.2) is 0 Å². The molecule has 4 rings (SSSR count). The third-order valence-electron chi connectivity index (χ3n) is 4.61. The molecule has 3 aromatic carbocycles. The van der Waals surface area contributed by atoms with Crippen LogP contribution in [0.25, 0.3) is 6.08 Å². The summed E-state index contributed by atoms with van der Waals surface area (Å²) in [7, 11) is 0. The van der Waals surface area contributed by atoms with E-state index in [4.69, 9.17) is 27.9 Å². The first-order valence-electron chi connectivity index (χ1n) is 9.57. The minimum atomic E-state index is -0.254. The van der Waals surface area contributed by atoms with Crippen molar-refractivity contribution in [1.82, 2.24) is 0 Å². The molecule has 0 saturated carbocycles. The summed E-state index contributed by atoms with van der Waals surface area (Å²) in [5.74, 6) is 0.174. The molecular formula is C25H18Cl2N2O2. The molecule has 3 aromatic rings. The van der Waals surface area contributed by atoms with Gasteiger partial charge in [-0.3, -0.25) is 4.79 Å². The minimum Gasteiger partial charge on any atom is -0.487 e. The topological polar surface area (TPSA) is 41.9 Å². The third-order valence-corrected chi connectivity index (χ3v) is 5.11. The highest BCUT2D eigenvalue weighted by Crippen LogP contribution is 2.36. The zero-order chi connectivity index (χ0) is 21.8. The van der Waals surface area contributed by atoms with Gasteiger partial charge in [0.25, 0.3) is 5.91 Å². The van der Waals surface area contributed by atoms with Crippen LogP contribution in [0.2, 0.25) is 10.0 Å². The fraction of sp³-hybridized carbons (Fsp3) is 0.0400. The van der Waals surface area contributed by atoms with Gasteiger partial charge in [0.05, 0.1) is 16.3 Å². The Hall–Kier alpha value is -3.34. The lowest BCUT2D eigenvalue weighted by Gasteiger charge is -2.12. The monoisotopic (exact) mass is 448 g/mol. The van der Waals surface area contributed by atoms with Crippen LogP contribution in [0.15, 0.2) is 96.1 Å². The first kappa shape index (κ1) is 20.9. The second-order valence-corrected chi connectivity index (χ2v) is 7.57. The van der Waals surface area contributed by atoms with E-state index in [9.17, 15) is 4.79 Å². The fourth-order valence-electron chi connectivity index (χ4n) is 3.24. The van der Waals surface area contributed by atoms with Crippen molar-refractivity contribution in [2.75, 3.05) is 11.6 Å². The molecule has 0 spiro atoms. The highest BCUT2D eigenvalue weighted by atomic mass is 35.5. The van der Waals surface area contributed by atoms with Crippen LogP contribution >= 0.6 is 23.2 Å². The van der Waals surface area contributed by atoms with Crippen molar-refractivity contribution in [2.45, 2.75) is 0 Å². The molecule has 0 fully saturated rings. The van der Waals surface area contributed by atoms with Crippen LogP contribution in [0.4, 0.5) is 5.69 Å². The molecule has 0 saturated heterocycles. The highest BCUT2D eigenvalue weighted by molar-refractivity contribution is 6.38. The molecule has 6 heteroatoms. The molecule has 0 aromatic heterocycles. The number of anilines is 1. The molecule has 1 heterocycles. The summed E-state index contributed by atoms with van der Waals surface area (Å²) < 4.78 is 5.75. The maximum Gasteiger partial charge on any atom is 0.281 e. The molecule has 0 bridgehead atoms. The van der Waals surface area contributed by atoms with E-state index in [1.807, 2.05) is 60.7 Å². The van der Waals surface area contributed by atoms with E-state index in [-0.39, 0.29) is 12.5 Å². The zero-order valence-corrected chi connectivity index (χ0v) is 18.0. The number of benzene rings is 3. The van der Waals surface area contributed by atoms with E-state index in [2.05, 4.69) is 11.7 Å². The van der Waals surface area contributed by atoms with E-state index in [0.29, 0.717) is 38.3 Å². The lowest BCUT2D eigenvalue weighted by atomic mass is 10.00. The third kappa shape index (κ3) is 4.41. The number of carbonyl (C=O) groups excluding carboxylic acids is 1. The second kappa shape index (κ2) is 9.21. The molecule has 1 amide bonds. The smallest absolute Gasteiger partial charge is 0.281 e. The Labute approximate surface area is 190 Å². The summed E-state index contributed by atoms with van der Waals surface area (Å²) in [4.78, 5) is 13.4. The van der Waals surface area contributed by atoms with Gasteiger partial charge in [-0.15, -0.1) is 0 Å². The van der Waals surface area contributed by atoms with Crippen LogP contribution in [0, 0.1) is 0 Å². The number of rotatable bonds is 6. The molecule has 154 valence electrons. The molecular weight excluding hydrogens is 431 g/mol. The fourth-order valence-corrected chi connectivity index (χ4v) is 3.80. The van der Waals surface area contributed by atoms with Gasteiger partial charge < -0.3 is 4.74 Å². The molecule has 0 aliphatic carbocycles. The normalized spacial score (nSPS) is 14.6. The average Bonchev–Trinajstić information content (AvgIpc) is 3.10. The van der Waals surface area contributed by atoms with Crippen molar-refractivity contribution in [1.29, 1.82) is 0 Å². The van der Waals surface area contributed by atoms with Crippen LogP contribution in [0.5, 0.6) is 5.75 Å². The Morgan fingerprint density at radius 2 is 1.68 bits per heavy atom. The van der Waals surface area contributed by atoms with E-state index in [1.54, 1.807) is 24.3 Å². The number of amides is 1. The maximum absolute atomic E-state index is 13.4. The number of hydrogen-bond donors (Lipinski definition) is 0. The maximum atomic E-state index is 13.4. The Kier molecular flexibility index (Phi) is 6.21. The predicted octanol–water partition coefficient (Wildman–Crippen LogP) is 6.39. The van der Waals surface area contributed by atoms with Crippen molar-refractivity contribution in [3.8, 4) is 5.75 Å². The number of hydrazone groups is 1. The van der Waals surface area contributed by atoms with Crippen LogP contribution in [0.3, 0.4) is 0 Å². The summed E-state index contributed by atoms with van der Waals surface area (Å²) in [5, 5.41) is 6.81. The number of hydrogen-bond acceptors (Lipinski definition) is 3. The molecule has 0 atom stereocenters. The summed E-state index contributed by atoms with van der Waals surface area (Å²) in [6, 6.07) is 22.1. The number of halogens is 2. The van der Waals surface area contributed by atoms with E-state index >= 15 is 0 Å². The number of nitrogens with zero attached hydrogens (tertiary/aromatic N) is 2. The molecule has 0 unspecified atom stereocenters. The van der Waals surface area contributed by atoms with E-state index in [0.717, 1.165) is 5.56 Å². The summed E-state index contributed by atoms with van der Waals surface area (Å²) in [6.07, 6.45) is 3.34. The Balaban J connectivity index is 1.86. The summed E-state index contributed by atoms with van der Waals surface area (Å²) >= 11 is 12.6. The van der Waals surface area contributed by atoms with Crippen molar-refractivity contribution >= 4 is 46.6 Å². The van der Waals surface area contributed by atoms with Gasteiger partial charge >= 0.3 is 0 Å². The molecule has 0 radical (unpaired) electrons. The molecule has 0 N–H and O–H groups in total. The van der Waals surface area contributed by atoms with Gasteiger partial charge in [-0.2, -0.15) is 10.1 Å². The van der Waals surface area contributed by atoms with Gasteiger partial charge in [0.1, 0.15) is 18.1 Å². The first-order chi connectivity index (χ1) is 15.1. The van der Waals surface area contributed by atoms with Gasteiger partial charge in [0.2, 0.25) is 0 Å². The quantitative estimate of drug-likeness (QED) is 0.323. The lowest BCUT2D eigenvalue weighted by molar-refractivity contribution is -0.114. The van der Waals surface area contributed by atoms with Gasteiger partial charge in [0, 0.05) is 16.1 Å². The van der Waals surface area contributed by atoms with Crippen LogP contribution < -0.4 is 9.75 Å². The largest absolute Gasteiger partial charge is 0.487 e. The molecule has 4 nitrogen and oxygen atoms in total. The van der Waals surface area contributed by atoms with Crippen molar-refractivity contribution < 1.29 is 9.53 Å². The minimum absolute atomic E-state index is 0.254. The predicted molar refractivity (Wildman–Crippen MR) is 127 cm³/mol. The first-order valence-corrected chi connectivity index (χ1v) is 10.3. The Morgan fingerprint density at radius 3 is 2.35 bits per heavy atom. The SMILES string of the molecule is C=CCOc1c(Cl)cc(Cl)cc1/C=C1\C(=O)N(c2ccccc2)N=C1c1ccccc1. The zero-order valence-electron chi connectivity index (χ0n) is 16.5. The van der Waals surface area contributed by atoms with Crippen LogP contribution in [-0.2, 0) is 4.79 Å². The van der Waals surface area contributed by atoms with Crippen molar-refractivity contribution in [3.05, 3.63) is 112 Å². The number of ether oxygens (including phenoxy) is 1. The standard InChI is InChI=1S/C25H18Cl2N2O2/c1-2-13-31-24-18(14-19(26)16-22(24)27)15-21-23(17-9-5-3-6-10-17)28-29(25(21)30)20-11-7-4-8-12-20/h2-12,14-16H,1,13H2/b21-15-. The molecule has 1 aliphatic heterocycles. The van der Waals surface area contributed by atoms with Crippen molar-refractivity contribution in [3.63, 3.8) is 0 Å². The van der Waals surface area contributed by atoms with Gasteiger partial charge in [0.15, 0.2) is 0 Å². The highest BCUT2D eigenvalue weighted by Gasteiger charge is 2.32. The molecule has 31 heavy (non-hydrogen) atoms. The Morgan fingerprint density at radius 1 is 1.00 bits per heavy atom. The average molecular weight is 449 g/mol. The van der Waals surface area contributed by atoms with Gasteiger partial charge in [-0.1, -0.05) is 84.4 Å². The summed E-state index contributed by atoms with van der Waals surface area (Å²) in [5.41, 5.74) is 3.05.